The van der Waals surface area contributed by atoms with Crippen LogP contribution in [0.4, 0.5) is 11.4 Å². The molecule has 0 aliphatic heterocycles. The lowest BCUT2D eigenvalue weighted by Gasteiger charge is -2.15. The van der Waals surface area contributed by atoms with Gasteiger partial charge >= 0.3 is 0 Å². The van der Waals surface area contributed by atoms with Gasteiger partial charge in [-0.15, -0.1) is 0 Å². The fourth-order valence-electron chi connectivity index (χ4n) is 2.78. The second-order valence-corrected chi connectivity index (χ2v) is 7.47. The first-order valence-electron chi connectivity index (χ1n) is 9.90. The summed E-state index contributed by atoms with van der Waals surface area (Å²) >= 11 is 4.14. The standard InChI is InChI=1S/C22H29N5O2S/c1-16-9-8-10-18(15-16)17(2)25-26-27(30)22(29)14-5-3-4-13-21(28)24-20-12-7-6-11-19(20)23/h6-12,15,26,30H,3-5,13-14,23H2,1-2H3,(H,24,28)/b25-17+. The van der Waals surface area contributed by atoms with Gasteiger partial charge in [0.2, 0.25) is 5.91 Å². The molecular weight excluding hydrogens is 398 g/mol. The number of benzene rings is 2. The number of thiol groups is 1. The Morgan fingerprint density at radius 2 is 1.80 bits per heavy atom. The lowest BCUT2D eigenvalue weighted by molar-refractivity contribution is -0.128. The maximum Gasteiger partial charge on any atom is 0.252 e. The minimum absolute atomic E-state index is 0.0855. The maximum atomic E-state index is 12.1. The third-order valence-electron chi connectivity index (χ3n) is 4.51. The predicted molar refractivity (Wildman–Crippen MR) is 125 cm³/mol. The second-order valence-electron chi connectivity index (χ2n) is 7.07. The van der Waals surface area contributed by atoms with Crippen LogP contribution >= 0.6 is 12.8 Å². The Bertz CT molecular complexity index is 901. The van der Waals surface area contributed by atoms with Crippen LogP contribution in [0.1, 0.15) is 50.2 Å². The number of carbonyl (C=O) groups is 2. The summed E-state index contributed by atoms with van der Waals surface area (Å²) in [5.41, 5.74) is 12.5. The Morgan fingerprint density at radius 1 is 1.07 bits per heavy atom. The van der Waals surface area contributed by atoms with Crippen molar-refractivity contribution < 1.29 is 9.59 Å². The van der Waals surface area contributed by atoms with Crippen LogP contribution in [0.3, 0.4) is 0 Å². The number of hydrogen-bond acceptors (Lipinski definition) is 6. The normalized spacial score (nSPS) is 11.1. The van der Waals surface area contributed by atoms with Crippen molar-refractivity contribution in [3.05, 3.63) is 59.7 Å². The van der Waals surface area contributed by atoms with E-state index < -0.39 is 0 Å². The average Bonchev–Trinajstić information content (AvgIpc) is 2.73. The van der Waals surface area contributed by atoms with Crippen LogP contribution in [0, 0.1) is 6.92 Å². The number of aryl methyl sites for hydroxylation is 1. The molecule has 0 aliphatic rings. The van der Waals surface area contributed by atoms with Crippen molar-refractivity contribution in [1.82, 2.24) is 9.95 Å². The monoisotopic (exact) mass is 427 g/mol. The molecule has 2 amide bonds. The fraction of sp³-hybridized carbons (Fsp3) is 0.318. The first-order valence-corrected chi connectivity index (χ1v) is 10.3. The van der Waals surface area contributed by atoms with E-state index in [9.17, 15) is 9.59 Å². The number of nitrogens with one attached hydrogen (secondary N) is 2. The first-order chi connectivity index (χ1) is 14.4. The highest BCUT2D eigenvalue weighted by atomic mass is 32.1. The van der Waals surface area contributed by atoms with Gasteiger partial charge in [0.15, 0.2) is 0 Å². The summed E-state index contributed by atoms with van der Waals surface area (Å²) in [5, 5.41) is 7.00. The molecule has 0 aliphatic carbocycles. The molecule has 0 saturated heterocycles. The number of carbonyl (C=O) groups excluding carboxylic acids is 2. The van der Waals surface area contributed by atoms with Gasteiger partial charge in [0.25, 0.3) is 5.91 Å². The number of anilines is 2. The summed E-state index contributed by atoms with van der Waals surface area (Å²) in [7, 11) is 0. The van der Waals surface area contributed by atoms with Crippen LogP contribution in [-0.4, -0.2) is 21.9 Å². The van der Waals surface area contributed by atoms with Gasteiger partial charge in [-0.1, -0.05) is 48.4 Å². The van der Waals surface area contributed by atoms with Gasteiger partial charge < -0.3 is 11.1 Å². The van der Waals surface area contributed by atoms with Gasteiger partial charge in [-0.3, -0.25) is 9.59 Å². The number of nitrogens with two attached hydrogens (primary N) is 1. The fourth-order valence-corrected chi connectivity index (χ4v) is 2.93. The highest BCUT2D eigenvalue weighted by Gasteiger charge is 2.10. The van der Waals surface area contributed by atoms with Crippen molar-refractivity contribution in [2.24, 2.45) is 5.10 Å². The molecule has 0 radical (unpaired) electrons. The third kappa shape index (κ3) is 7.79. The lowest BCUT2D eigenvalue weighted by atomic mass is 10.1. The Kier molecular flexibility index (Phi) is 9.21. The SMILES string of the molecule is C/C(=N\NN(S)C(=O)CCCCCC(=O)Nc1ccccc1N)c1cccc(C)c1. The minimum Gasteiger partial charge on any atom is -0.397 e. The van der Waals surface area contributed by atoms with Crippen LogP contribution in [-0.2, 0) is 9.59 Å². The van der Waals surface area contributed by atoms with E-state index in [0.717, 1.165) is 27.7 Å². The third-order valence-corrected chi connectivity index (χ3v) is 4.83. The van der Waals surface area contributed by atoms with Crippen molar-refractivity contribution in [3.8, 4) is 0 Å². The van der Waals surface area contributed by atoms with E-state index in [1.54, 1.807) is 12.1 Å². The van der Waals surface area contributed by atoms with Gasteiger partial charge in [-0.05, 0) is 57.2 Å². The molecule has 160 valence electrons. The second kappa shape index (κ2) is 11.9. The number of hydrazine groups is 1. The smallest absolute Gasteiger partial charge is 0.252 e. The molecule has 0 atom stereocenters. The predicted octanol–water partition coefficient (Wildman–Crippen LogP) is 4.07. The molecule has 30 heavy (non-hydrogen) atoms. The summed E-state index contributed by atoms with van der Waals surface area (Å²) in [6.07, 6.45) is 2.82. The quantitative estimate of drug-likeness (QED) is 0.151. The van der Waals surface area contributed by atoms with E-state index in [1.807, 2.05) is 50.2 Å². The summed E-state index contributed by atoms with van der Waals surface area (Å²) < 4.78 is 1.09. The number of amides is 2. The molecule has 2 rings (SSSR count). The average molecular weight is 428 g/mol. The molecular formula is C22H29N5O2S. The summed E-state index contributed by atoms with van der Waals surface area (Å²) in [6, 6.07) is 15.1. The zero-order valence-corrected chi connectivity index (χ0v) is 18.3. The van der Waals surface area contributed by atoms with Crippen molar-refractivity contribution in [1.29, 1.82) is 0 Å². The zero-order valence-electron chi connectivity index (χ0n) is 17.4. The number of hydrazone groups is 1. The molecule has 0 fully saturated rings. The molecule has 0 unspecified atom stereocenters. The van der Waals surface area contributed by atoms with E-state index >= 15 is 0 Å². The molecule has 8 heteroatoms. The van der Waals surface area contributed by atoms with Crippen LogP contribution in [0.25, 0.3) is 0 Å². The van der Waals surface area contributed by atoms with Crippen LogP contribution < -0.4 is 16.6 Å². The Balaban J connectivity index is 1.65. The number of hydrogen-bond donors (Lipinski definition) is 4. The highest BCUT2D eigenvalue weighted by molar-refractivity contribution is 7.78. The topological polar surface area (TPSA) is 99.8 Å². The molecule has 2 aromatic carbocycles. The van der Waals surface area contributed by atoms with Crippen molar-refractivity contribution in [2.45, 2.75) is 46.0 Å². The van der Waals surface area contributed by atoms with E-state index in [0.29, 0.717) is 37.1 Å². The molecule has 0 saturated carbocycles. The number of nitrogen functional groups attached to an aromatic ring is 1. The molecule has 0 heterocycles. The van der Waals surface area contributed by atoms with Crippen LogP contribution in [0.15, 0.2) is 53.6 Å². The van der Waals surface area contributed by atoms with Crippen molar-refractivity contribution in [2.75, 3.05) is 11.1 Å². The summed E-state index contributed by atoms with van der Waals surface area (Å²) in [5.74, 6) is -0.265. The van der Waals surface area contributed by atoms with E-state index in [4.69, 9.17) is 5.73 Å². The van der Waals surface area contributed by atoms with Gasteiger partial charge in [0.05, 0.1) is 17.1 Å². The Morgan fingerprint density at radius 3 is 2.53 bits per heavy atom. The van der Waals surface area contributed by atoms with Crippen molar-refractivity contribution >= 4 is 41.7 Å². The van der Waals surface area contributed by atoms with Crippen molar-refractivity contribution in [3.63, 3.8) is 0 Å². The molecule has 0 aromatic heterocycles. The number of para-hydroxylation sites is 2. The molecule has 0 bridgehead atoms. The summed E-state index contributed by atoms with van der Waals surface area (Å²) in [6.45, 7) is 3.88. The number of unbranched alkanes of at least 4 members (excludes halogenated alkanes) is 2. The van der Waals surface area contributed by atoms with E-state index in [-0.39, 0.29) is 11.8 Å². The molecule has 4 N–H and O–H groups in total. The van der Waals surface area contributed by atoms with E-state index in [2.05, 4.69) is 28.8 Å². The van der Waals surface area contributed by atoms with Crippen LogP contribution in [0.5, 0.6) is 0 Å². The van der Waals surface area contributed by atoms with Gasteiger partial charge in [-0.25, -0.2) is 5.53 Å². The number of rotatable bonds is 10. The number of nitrogens with zero attached hydrogens (tertiary/aromatic N) is 2. The molecule has 7 nitrogen and oxygen atoms in total. The van der Waals surface area contributed by atoms with Gasteiger partial charge in [0, 0.05) is 12.8 Å². The highest BCUT2D eigenvalue weighted by Crippen LogP contribution is 2.17. The van der Waals surface area contributed by atoms with Gasteiger partial charge in [0.1, 0.15) is 0 Å². The lowest BCUT2D eigenvalue weighted by Crippen LogP contribution is -2.32. The molecule has 0 spiro atoms. The van der Waals surface area contributed by atoms with Gasteiger partial charge in [-0.2, -0.15) is 9.52 Å². The minimum atomic E-state index is -0.180. The molecule has 2 aromatic rings. The zero-order chi connectivity index (χ0) is 21.9. The Labute approximate surface area is 183 Å². The van der Waals surface area contributed by atoms with E-state index in [1.165, 1.54) is 0 Å². The van der Waals surface area contributed by atoms with Crippen LogP contribution in [0.2, 0.25) is 0 Å². The largest absolute Gasteiger partial charge is 0.397 e. The summed E-state index contributed by atoms with van der Waals surface area (Å²) in [4.78, 5) is 24.1. The Hall–Kier alpha value is -3.00. The maximum absolute atomic E-state index is 12.1. The first kappa shape index (κ1) is 23.3.